The van der Waals surface area contributed by atoms with Crippen molar-refractivity contribution in [3.63, 3.8) is 0 Å². The van der Waals surface area contributed by atoms with Gasteiger partial charge in [-0.1, -0.05) is 11.6 Å². The number of hydrogen-bond donors (Lipinski definition) is 2. The molecule has 1 aromatic rings. The van der Waals surface area contributed by atoms with Crippen molar-refractivity contribution in [3.8, 4) is 0 Å². The summed E-state index contributed by atoms with van der Waals surface area (Å²) in [6.45, 7) is 5.87. The summed E-state index contributed by atoms with van der Waals surface area (Å²) in [4.78, 5) is 14.1. The summed E-state index contributed by atoms with van der Waals surface area (Å²) in [5.41, 5.74) is 6.78. The van der Waals surface area contributed by atoms with E-state index in [9.17, 15) is 4.79 Å². The number of ether oxygens (including phenoxy) is 1. The van der Waals surface area contributed by atoms with Crippen molar-refractivity contribution in [2.75, 3.05) is 30.7 Å². The summed E-state index contributed by atoms with van der Waals surface area (Å²) in [6.07, 6.45) is 0.290. The van der Waals surface area contributed by atoms with Crippen LogP contribution in [0.4, 0.5) is 11.4 Å². The predicted octanol–water partition coefficient (Wildman–Crippen LogP) is 1.97. The van der Waals surface area contributed by atoms with Crippen LogP contribution in [0.3, 0.4) is 0 Å². The second kappa shape index (κ2) is 6.43. The van der Waals surface area contributed by atoms with Gasteiger partial charge in [0, 0.05) is 18.8 Å². The molecular formula is C14H20ClN3O2. The molecule has 110 valence electrons. The molecule has 1 aromatic carbocycles. The lowest BCUT2D eigenvalue weighted by Crippen LogP contribution is -2.48. The van der Waals surface area contributed by atoms with Crippen LogP contribution in [0.1, 0.15) is 13.8 Å². The number of carbonyl (C=O) groups excluding carboxylic acids is 1. The van der Waals surface area contributed by atoms with E-state index in [2.05, 4.69) is 10.2 Å². The molecule has 5 nitrogen and oxygen atoms in total. The van der Waals surface area contributed by atoms with Crippen LogP contribution in [-0.2, 0) is 9.53 Å². The standard InChI is InChI=1S/C14H20ClN3O2/c1-9-6-18(7-10(2)20-9)8-14(19)17-13-4-3-11(16)5-12(13)15/h3-5,9-10H,6-8,16H2,1-2H3,(H,17,19)/t9-,10+. The molecule has 1 saturated heterocycles. The molecule has 2 atom stereocenters. The third-order valence-corrected chi connectivity index (χ3v) is 3.44. The molecule has 0 aromatic heterocycles. The van der Waals surface area contributed by atoms with E-state index in [0.29, 0.717) is 22.9 Å². The van der Waals surface area contributed by atoms with Gasteiger partial charge in [0.2, 0.25) is 5.91 Å². The Kier molecular flexibility index (Phi) is 4.86. The van der Waals surface area contributed by atoms with Gasteiger partial charge in [-0.3, -0.25) is 9.69 Å². The van der Waals surface area contributed by atoms with E-state index in [1.54, 1.807) is 18.2 Å². The first kappa shape index (κ1) is 15.1. The Balaban J connectivity index is 1.92. The van der Waals surface area contributed by atoms with Crippen molar-refractivity contribution in [3.05, 3.63) is 23.2 Å². The third kappa shape index (κ3) is 4.10. The number of amides is 1. The first-order valence-corrected chi connectivity index (χ1v) is 7.04. The molecule has 1 fully saturated rings. The lowest BCUT2D eigenvalue weighted by molar-refractivity contribution is -0.121. The number of nitrogens with one attached hydrogen (secondary N) is 1. The fraction of sp³-hybridized carbons (Fsp3) is 0.500. The molecule has 20 heavy (non-hydrogen) atoms. The quantitative estimate of drug-likeness (QED) is 0.837. The van der Waals surface area contributed by atoms with Crippen LogP contribution < -0.4 is 11.1 Å². The lowest BCUT2D eigenvalue weighted by Gasteiger charge is -2.34. The highest BCUT2D eigenvalue weighted by molar-refractivity contribution is 6.34. The van der Waals surface area contributed by atoms with Gasteiger partial charge >= 0.3 is 0 Å². The highest BCUT2D eigenvalue weighted by Crippen LogP contribution is 2.24. The average molecular weight is 298 g/mol. The molecule has 0 spiro atoms. The van der Waals surface area contributed by atoms with Gasteiger partial charge < -0.3 is 15.8 Å². The summed E-state index contributed by atoms with van der Waals surface area (Å²) in [5, 5.41) is 3.25. The minimum absolute atomic E-state index is 0.0852. The molecule has 6 heteroatoms. The van der Waals surface area contributed by atoms with E-state index in [0.717, 1.165) is 13.1 Å². The molecule has 2 rings (SSSR count). The Bertz CT molecular complexity index is 485. The first-order chi connectivity index (χ1) is 9.44. The molecule has 0 bridgehead atoms. The number of benzene rings is 1. The molecule has 0 unspecified atom stereocenters. The maximum Gasteiger partial charge on any atom is 0.238 e. The summed E-state index contributed by atoms with van der Waals surface area (Å²) >= 11 is 6.03. The second-order valence-electron chi connectivity index (χ2n) is 5.24. The van der Waals surface area contributed by atoms with Gasteiger partial charge in [0.25, 0.3) is 0 Å². The molecule has 3 N–H and O–H groups in total. The number of anilines is 2. The number of nitrogen functional groups attached to an aromatic ring is 1. The summed E-state index contributed by atoms with van der Waals surface area (Å²) in [5.74, 6) is -0.0852. The van der Waals surface area contributed by atoms with Gasteiger partial charge in [0.15, 0.2) is 0 Å². The van der Waals surface area contributed by atoms with Crippen LogP contribution in [0.2, 0.25) is 5.02 Å². The van der Waals surface area contributed by atoms with E-state index in [-0.39, 0.29) is 18.1 Å². The number of nitrogens with two attached hydrogens (primary N) is 1. The van der Waals surface area contributed by atoms with Crippen LogP contribution in [0.15, 0.2) is 18.2 Å². The Labute approximate surface area is 124 Å². The zero-order chi connectivity index (χ0) is 14.7. The topological polar surface area (TPSA) is 67.6 Å². The van der Waals surface area contributed by atoms with Crippen molar-refractivity contribution < 1.29 is 9.53 Å². The van der Waals surface area contributed by atoms with Crippen molar-refractivity contribution in [1.29, 1.82) is 0 Å². The third-order valence-electron chi connectivity index (χ3n) is 3.13. The van der Waals surface area contributed by atoms with Gasteiger partial charge in [-0.2, -0.15) is 0 Å². The van der Waals surface area contributed by atoms with E-state index < -0.39 is 0 Å². The molecule has 0 radical (unpaired) electrons. The number of morpholine rings is 1. The van der Waals surface area contributed by atoms with Gasteiger partial charge in [-0.25, -0.2) is 0 Å². The summed E-state index contributed by atoms with van der Waals surface area (Å²) in [7, 11) is 0. The minimum Gasteiger partial charge on any atom is -0.399 e. The number of hydrogen-bond acceptors (Lipinski definition) is 4. The summed E-state index contributed by atoms with van der Waals surface area (Å²) < 4.78 is 5.64. The highest BCUT2D eigenvalue weighted by atomic mass is 35.5. The second-order valence-corrected chi connectivity index (χ2v) is 5.65. The van der Waals surface area contributed by atoms with Crippen molar-refractivity contribution >= 4 is 28.9 Å². The fourth-order valence-electron chi connectivity index (χ4n) is 2.44. The van der Waals surface area contributed by atoms with Gasteiger partial charge in [-0.05, 0) is 32.0 Å². The normalized spacial score (nSPS) is 23.6. The van der Waals surface area contributed by atoms with Crippen LogP contribution in [0, 0.1) is 0 Å². The van der Waals surface area contributed by atoms with Crippen molar-refractivity contribution in [2.45, 2.75) is 26.1 Å². The zero-order valence-corrected chi connectivity index (χ0v) is 12.5. The number of carbonyl (C=O) groups is 1. The molecule has 1 aliphatic heterocycles. The van der Waals surface area contributed by atoms with Crippen molar-refractivity contribution in [2.24, 2.45) is 0 Å². The van der Waals surface area contributed by atoms with Crippen LogP contribution in [0.25, 0.3) is 0 Å². The Morgan fingerprint density at radius 3 is 2.70 bits per heavy atom. The van der Waals surface area contributed by atoms with E-state index in [4.69, 9.17) is 22.1 Å². The Hall–Kier alpha value is -1.30. The van der Waals surface area contributed by atoms with Crippen LogP contribution in [0.5, 0.6) is 0 Å². The molecule has 0 aliphatic carbocycles. The van der Waals surface area contributed by atoms with Gasteiger partial charge in [-0.15, -0.1) is 0 Å². The van der Waals surface area contributed by atoms with E-state index in [1.807, 2.05) is 13.8 Å². The zero-order valence-electron chi connectivity index (χ0n) is 11.7. The fourth-order valence-corrected chi connectivity index (χ4v) is 2.68. The smallest absolute Gasteiger partial charge is 0.238 e. The molecule has 1 aliphatic rings. The van der Waals surface area contributed by atoms with E-state index in [1.165, 1.54) is 0 Å². The molecular weight excluding hydrogens is 278 g/mol. The number of halogens is 1. The average Bonchev–Trinajstić information content (AvgIpc) is 2.31. The SMILES string of the molecule is C[C@@H]1CN(CC(=O)Nc2ccc(N)cc2Cl)C[C@H](C)O1. The maximum atomic E-state index is 12.0. The lowest BCUT2D eigenvalue weighted by atomic mass is 10.2. The van der Waals surface area contributed by atoms with Crippen LogP contribution in [-0.4, -0.2) is 42.6 Å². The number of nitrogens with zero attached hydrogens (tertiary/aromatic N) is 1. The monoisotopic (exact) mass is 297 g/mol. The van der Waals surface area contributed by atoms with Gasteiger partial charge in [0.1, 0.15) is 0 Å². The van der Waals surface area contributed by atoms with E-state index >= 15 is 0 Å². The van der Waals surface area contributed by atoms with Crippen molar-refractivity contribution in [1.82, 2.24) is 4.90 Å². The Morgan fingerprint density at radius 2 is 2.10 bits per heavy atom. The predicted molar refractivity (Wildman–Crippen MR) is 80.9 cm³/mol. The highest BCUT2D eigenvalue weighted by Gasteiger charge is 2.23. The maximum absolute atomic E-state index is 12.0. The Morgan fingerprint density at radius 1 is 1.45 bits per heavy atom. The first-order valence-electron chi connectivity index (χ1n) is 6.66. The minimum atomic E-state index is -0.0852. The van der Waals surface area contributed by atoms with Crippen LogP contribution >= 0.6 is 11.6 Å². The number of rotatable bonds is 3. The molecule has 1 amide bonds. The van der Waals surface area contributed by atoms with Gasteiger partial charge in [0.05, 0.1) is 29.5 Å². The molecule has 1 heterocycles. The molecule has 0 saturated carbocycles. The largest absolute Gasteiger partial charge is 0.399 e. The summed E-state index contributed by atoms with van der Waals surface area (Å²) in [6, 6.07) is 5.04.